The molecular formula is C26H34Cl3NO16. The third-order valence-electron chi connectivity index (χ3n) is 6.06. The van der Waals surface area contributed by atoms with Crippen LogP contribution in [-0.4, -0.2) is 114 Å². The average Bonchev–Trinajstić information content (AvgIpc) is 2.88. The topological polar surface area (TPSA) is 219 Å². The van der Waals surface area contributed by atoms with Gasteiger partial charge in [-0.15, -0.1) is 0 Å². The van der Waals surface area contributed by atoms with Crippen LogP contribution in [0.2, 0.25) is 0 Å². The first kappa shape index (κ1) is 39.2. The number of esters is 6. The maximum Gasteiger partial charge on any atom is 0.303 e. The van der Waals surface area contributed by atoms with Crippen LogP contribution in [0.4, 0.5) is 0 Å². The van der Waals surface area contributed by atoms with E-state index in [0.29, 0.717) is 0 Å². The van der Waals surface area contributed by atoms with Gasteiger partial charge in [-0.3, -0.25) is 34.2 Å². The molecule has 0 bridgehead atoms. The summed E-state index contributed by atoms with van der Waals surface area (Å²) in [6.07, 6.45) is -15.3. The Morgan fingerprint density at radius 3 is 1.43 bits per heavy atom. The molecule has 10 atom stereocenters. The molecule has 1 N–H and O–H groups in total. The molecule has 20 heteroatoms. The van der Waals surface area contributed by atoms with Crippen molar-refractivity contribution in [1.82, 2.24) is 0 Å². The van der Waals surface area contributed by atoms with Gasteiger partial charge in [-0.25, -0.2) is 0 Å². The van der Waals surface area contributed by atoms with Gasteiger partial charge < -0.3 is 47.4 Å². The van der Waals surface area contributed by atoms with E-state index in [4.69, 9.17) is 87.6 Å². The van der Waals surface area contributed by atoms with E-state index in [-0.39, 0.29) is 0 Å². The molecule has 0 aliphatic carbocycles. The summed E-state index contributed by atoms with van der Waals surface area (Å²) < 4.78 is 52.9. The van der Waals surface area contributed by atoms with Gasteiger partial charge in [0.15, 0.2) is 30.7 Å². The van der Waals surface area contributed by atoms with E-state index in [9.17, 15) is 28.8 Å². The molecule has 0 saturated carbocycles. The molecule has 2 heterocycles. The van der Waals surface area contributed by atoms with Crippen LogP contribution >= 0.6 is 34.8 Å². The second-order valence-electron chi connectivity index (χ2n) is 9.97. The fraction of sp³-hybridized carbons (Fsp3) is 0.731. The number of carbonyl (C=O) groups excluding carboxylic acids is 6. The van der Waals surface area contributed by atoms with Crippen LogP contribution in [-0.2, 0) is 76.1 Å². The molecule has 0 aromatic carbocycles. The highest BCUT2D eigenvalue weighted by atomic mass is 35.6. The van der Waals surface area contributed by atoms with Crippen LogP contribution in [0.25, 0.3) is 0 Å². The second kappa shape index (κ2) is 16.7. The lowest BCUT2D eigenvalue weighted by atomic mass is 9.96. The SMILES string of the molecule is CC(=O)OC[C@H]1O[C@@H](O[C@@H]2[C@@H](OC(C)=O)[C@@H](OC(C)=O)[C@H](OC(=N)C(Cl)(Cl)Cl)O[C@H]2C)[C@H](OC(C)=O)[C@@H](OC(C)=O)[C@@H]1OC(C)=O. The van der Waals surface area contributed by atoms with Gasteiger partial charge >= 0.3 is 35.8 Å². The van der Waals surface area contributed by atoms with Crippen molar-refractivity contribution < 1.29 is 76.1 Å². The van der Waals surface area contributed by atoms with Crippen LogP contribution in [0.15, 0.2) is 0 Å². The van der Waals surface area contributed by atoms with Crippen molar-refractivity contribution in [3.05, 3.63) is 0 Å². The van der Waals surface area contributed by atoms with E-state index >= 15 is 0 Å². The monoisotopic (exact) mass is 721 g/mol. The first-order chi connectivity index (χ1) is 21.2. The molecule has 2 fully saturated rings. The lowest BCUT2D eigenvalue weighted by molar-refractivity contribution is -0.352. The van der Waals surface area contributed by atoms with Crippen molar-refractivity contribution in [3.8, 4) is 0 Å². The highest BCUT2D eigenvalue weighted by Gasteiger charge is 2.57. The molecule has 17 nitrogen and oxygen atoms in total. The predicted octanol–water partition coefficient (Wildman–Crippen LogP) is 1.43. The fourth-order valence-electron chi connectivity index (χ4n) is 4.53. The van der Waals surface area contributed by atoms with Gasteiger partial charge in [0.2, 0.25) is 18.3 Å². The Balaban J connectivity index is 2.63. The van der Waals surface area contributed by atoms with Gasteiger partial charge in [0.1, 0.15) is 18.8 Å². The molecule has 0 spiro atoms. The smallest absolute Gasteiger partial charge is 0.303 e. The number of rotatable bonds is 10. The zero-order chi connectivity index (χ0) is 35.1. The molecule has 260 valence electrons. The molecule has 0 unspecified atom stereocenters. The zero-order valence-electron chi connectivity index (χ0n) is 25.6. The van der Waals surface area contributed by atoms with Gasteiger partial charge in [-0.1, -0.05) is 34.8 Å². The quantitative estimate of drug-likeness (QED) is 0.111. The van der Waals surface area contributed by atoms with Crippen LogP contribution in [0.1, 0.15) is 48.5 Å². The molecule has 0 aromatic rings. The second-order valence-corrected chi connectivity index (χ2v) is 12.3. The van der Waals surface area contributed by atoms with E-state index < -0.39 is 114 Å². The Labute approximate surface area is 278 Å². The van der Waals surface area contributed by atoms with Crippen molar-refractivity contribution in [2.24, 2.45) is 0 Å². The molecule has 46 heavy (non-hydrogen) atoms. The summed E-state index contributed by atoms with van der Waals surface area (Å²) in [6, 6.07) is 0. The van der Waals surface area contributed by atoms with Crippen molar-refractivity contribution in [3.63, 3.8) is 0 Å². The standard InChI is InChI=1S/C26H34Cl3NO16/c1-9-17(19(40-12(4)33)21(42-14(6)35)23(38-9)46-25(30)26(27,28)29)45-24-22(43-15(7)36)20(41-13(5)34)18(39-11(3)32)16(44-24)8-37-10(2)31/h9,16-24,30H,8H2,1-7H3/t9-,16+,17-,18+,19+,20-,21+,22+,23-,24-/m0/s1. The Morgan fingerprint density at radius 1 is 0.587 bits per heavy atom. The molecule has 0 radical (unpaired) electrons. The molecule has 2 aliphatic rings. The molecule has 2 saturated heterocycles. The van der Waals surface area contributed by atoms with Crippen LogP contribution in [0.5, 0.6) is 0 Å². The Kier molecular flexibility index (Phi) is 14.3. The first-order valence-corrected chi connectivity index (χ1v) is 14.6. The summed E-state index contributed by atoms with van der Waals surface area (Å²) in [4.78, 5) is 72.4. The fourth-order valence-corrected chi connectivity index (χ4v) is 4.67. The van der Waals surface area contributed by atoms with Gasteiger partial charge in [0.05, 0.1) is 6.10 Å². The number of carbonyl (C=O) groups is 6. The van der Waals surface area contributed by atoms with Gasteiger partial charge in [-0.05, 0) is 6.92 Å². The van der Waals surface area contributed by atoms with Crippen molar-refractivity contribution in [2.75, 3.05) is 6.61 Å². The minimum atomic E-state index is -2.36. The lowest BCUT2D eigenvalue weighted by Gasteiger charge is -2.48. The average molecular weight is 723 g/mol. The molecule has 0 amide bonds. The van der Waals surface area contributed by atoms with Crippen molar-refractivity contribution >= 4 is 76.5 Å². The summed E-state index contributed by atoms with van der Waals surface area (Å²) in [6.45, 7) is 7.14. The van der Waals surface area contributed by atoms with Crippen LogP contribution in [0.3, 0.4) is 0 Å². The Hall–Kier alpha value is -2.96. The van der Waals surface area contributed by atoms with Crippen LogP contribution in [0, 0.1) is 5.41 Å². The third-order valence-corrected chi connectivity index (χ3v) is 6.58. The molecule has 2 rings (SSSR count). The number of hydrogen-bond donors (Lipinski definition) is 1. The van der Waals surface area contributed by atoms with E-state index in [0.717, 1.165) is 41.5 Å². The number of halogens is 3. The third kappa shape index (κ3) is 11.4. The number of alkyl halides is 3. The van der Waals surface area contributed by atoms with E-state index in [1.54, 1.807) is 0 Å². The van der Waals surface area contributed by atoms with Crippen molar-refractivity contribution in [1.29, 1.82) is 5.41 Å². The zero-order valence-corrected chi connectivity index (χ0v) is 27.9. The number of nitrogens with one attached hydrogen (secondary N) is 1. The number of ether oxygens (including phenoxy) is 10. The van der Waals surface area contributed by atoms with Gasteiger partial charge in [-0.2, -0.15) is 0 Å². The Morgan fingerprint density at radius 2 is 1.00 bits per heavy atom. The summed E-state index contributed by atoms with van der Waals surface area (Å²) in [5.74, 6) is -6.09. The summed E-state index contributed by atoms with van der Waals surface area (Å²) in [7, 11) is 0. The summed E-state index contributed by atoms with van der Waals surface area (Å²) >= 11 is 17.2. The minimum Gasteiger partial charge on any atom is -0.463 e. The molecular weight excluding hydrogens is 689 g/mol. The highest BCUT2D eigenvalue weighted by Crippen LogP contribution is 2.36. The summed E-state index contributed by atoms with van der Waals surface area (Å²) in [5, 5.41) is 7.95. The van der Waals surface area contributed by atoms with E-state index in [2.05, 4.69) is 0 Å². The van der Waals surface area contributed by atoms with Crippen LogP contribution < -0.4 is 0 Å². The predicted molar refractivity (Wildman–Crippen MR) is 151 cm³/mol. The van der Waals surface area contributed by atoms with Crippen molar-refractivity contribution in [2.45, 2.75) is 114 Å². The molecule has 0 aromatic heterocycles. The summed E-state index contributed by atoms with van der Waals surface area (Å²) in [5.41, 5.74) is 0. The van der Waals surface area contributed by atoms with Gasteiger partial charge in [0, 0.05) is 41.5 Å². The van der Waals surface area contributed by atoms with E-state index in [1.807, 2.05) is 0 Å². The highest BCUT2D eigenvalue weighted by molar-refractivity contribution is 6.76. The minimum absolute atomic E-state index is 0.549. The van der Waals surface area contributed by atoms with Gasteiger partial charge in [0.25, 0.3) is 3.79 Å². The lowest BCUT2D eigenvalue weighted by Crippen LogP contribution is -2.66. The maximum absolute atomic E-state index is 12.2. The van der Waals surface area contributed by atoms with E-state index in [1.165, 1.54) is 6.92 Å². The maximum atomic E-state index is 12.2. The molecule has 2 aliphatic heterocycles. The first-order valence-electron chi connectivity index (χ1n) is 13.5. The largest absolute Gasteiger partial charge is 0.463 e. The number of hydrogen-bond acceptors (Lipinski definition) is 17. The normalized spacial score (nSPS) is 31.0. The Bertz CT molecular complexity index is 1180.